The summed E-state index contributed by atoms with van der Waals surface area (Å²) in [6, 6.07) is 0. The van der Waals surface area contributed by atoms with Gasteiger partial charge in [-0.1, -0.05) is 13.8 Å². The molecule has 0 aliphatic carbocycles. The highest BCUT2D eigenvalue weighted by atomic mass is 35.5. The van der Waals surface area contributed by atoms with Crippen LogP contribution in [0.2, 0.25) is 0 Å². The minimum atomic E-state index is -3.04. The Balaban J connectivity index is 4.17. The molecule has 0 fully saturated rings. The number of rotatable bonds is 6. The van der Waals surface area contributed by atoms with Crippen LogP contribution in [0.15, 0.2) is 0 Å². The zero-order chi connectivity index (χ0) is 9.61. The van der Waals surface area contributed by atoms with E-state index in [0.717, 1.165) is 0 Å². The van der Waals surface area contributed by atoms with Gasteiger partial charge in [0.2, 0.25) is 10.0 Å². The van der Waals surface area contributed by atoms with Gasteiger partial charge in [0.05, 0.1) is 5.75 Å². The Morgan fingerprint density at radius 2 is 1.75 bits per heavy atom. The van der Waals surface area contributed by atoms with Crippen LogP contribution < -0.4 is 0 Å². The van der Waals surface area contributed by atoms with Crippen molar-refractivity contribution in [3.63, 3.8) is 0 Å². The highest BCUT2D eigenvalue weighted by molar-refractivity contribution is 7.89. The van der Waals surface area contributed by atoms with Gasteiger partial charge in [-0.3, -0.25) is 0 Å². The van der Waals surface area contributed by atoms with Gasteiger partial charge < -0.3 is 0 Å². The van der Waals surface area contributed by atoms with Crippen LogP contribution in [0.5, 0.6) is 0 Å². The van der Waals surface area contributed by atoms with Crippen molar-refractivity contribution in [3.05, 3.63) is 0 Å². The number of hydrogen-bond acceptors (Lipinski definition) is 2. The third-order valence-corrected chi connectivity index (χ3v) is 4.01. The SMILES string of the molecule is CCN(CC)S(=O)(=O)CCCCl. The van der Waals surface area contributed by atoms with E-state index in [9.17, 15) is 8.42 Å². The molecule has 3 nitrogen and oxygen atoms in total. The molecular weight excluding hydrogens is 198 g/mol. The normalized spacial score (nSPS) is 12.3. The molecule has 0 N–H and O–H groups in total. The Hall–Kier alpha value is 0.200. The molecule has 0 unspecified atom stereocenters. The monoisotopic (exact) mass is 213 g/mol. The van der Waals surface area contributed by atoms with Gasteiger partial charge in [-0.05, 0) is 6.42 Å². The molecule has 0 rings (SSSR count). The summed E-state index contributed by atoms with van der Waals surface area (Å²) in [6.07, 6.45) is 0.528. The van der Waals surface area contributed by atoms with Gasteiger partial charge in [0.1, 0.15) is 0 Å². The quantitative estimate of drug-likeness (QED) is 0.624. The van der Waals surface area contributed by atoms with Crippen LogP contribution in [-0.4, -0.2) is 37.4 Å². The zero-order valence-electron chi connectivity index (χ0n) is 7.59. The fraction of sp³-hybridized carbons (Fsp3) is 1.00. The second-order valence-corrected chi connectivity index (χ2v) is 4.91. The van der Waals surface area contributed by atoms with Gasteiger partial charge >= 0.3 is 0 Å². The summed E-state index contributed by atoms with van der Waals surface area (Å²) in [6.45, 7) is 4.76. The first-order valence-corrected chi connectivity index (χ1v) is 6.26. The van der Waals surface area contributed by atoms with E-state index in [4.69, 9.17) is 11.6 Å². The first-order chi connectivity index (χ1) is 5.58. The van der Waals surface area contributed by atoms with Gasteiger partial charge in [0, 0.05) is 19.0 Å². The van der Waals surface area contributed by atoms with E-state index < -0.39 is 10.0 Å². The van der Waals surface area contributed by atoms with E-state index in [2.05, 4.69) is 0 Å². The molecule has 0 heterocycles. The molecule has 0 saturated carbocycles. The molecule has 0 bridgehead atoms. The third-order valence-electron chi connectivity index (χ3n) is 1.63. The second kappa shape index (κ2) is 5.78. The van der Waals surface area contributed by atoms with E-state index in [1.165, 1.54) is 4.31 Å². The number of hydrogen-bond donors (Lipinski definition) is 0. The Kier molecular flexibility index (Phi) is 5.88. The average molecular weight is 214 g/mol. The van der Waals surface area contributed by atoms with Gasteiger partial charge in [-0.15, -0.1) is 11.6 Å². The molecular formula is C7H16ClNO2S. The zero-order valence-corrected chi connectivity index (χ0v) is 9.16. The van der Waals surface area contributed by atoms with E-state index in [1.54, 1.807) is 0 Å². The van der Waals surface area contributed by atoms with Gasteiger partial charge in [0.25, 0.3) is 0 Å². The van der Waals surface area contributed by atoms with Crippen LogP contribution in [0, 0.1) is 0 Å². The first-order valence-electron chi connectivity index (χ1n) is 4.12. The largest absolute Gasteiger partial charge is 0.214 e. The molecule has 0 aromatic heterocycles. The van der Waals surface area contributed by atoms with Crippen LogP contribution in [-0.2, 0) is 10.0 Å². The standard InChI is InChI=1S/C7H16ClNO2S/c1-3-9(4-2)12(10,11)7-5-6-8/h3-7H2,1-2H3. The average Bonchev–Trinajstić information content (AvgIpc) is 2.03. The smallest absolute Gasteiger partial charge is 0.212 e. The molecule has 5 heteroatoms. The lowest BCUT2D eigenvalue weighted by Crippen LogP contribution is -2.32. The van der Waals surface area contributed by atoms with Crippen LogP contribution in [0.3, 0.4) is 0 Å². The minimum Gasteiger partial charge on any atom is -0.212 e. The fourth-order valence-corrected chi connectivity index (χ4v) is 2.83. The first kappa shape index (κ1) is 12.2. The van der Waals surface area contributed by atoms with Gasteiger partial charge in [0.15, 0.2) is 0 Å². The predicted octanol–water partition coefficient (Wildman–Crippen LogP) is 1.29. The van der Waals surface area contributed by atoms with Crippen molar-refractivity contribution in [2.45, 2.75) is 20.3 Å². The molecule has 0 saturated heterocycles. The van der Waals surface area contributed by atoms with Crippen molar-refractivity contribution in [3.8, 4) is 0 Å². The van der Waals surface area contributed by atoms with Crippen molar-refractivity contribution in [1.29, 1.82) is 0 Å². The topological polar surface area (TPSA) is 37.4 Å². The lowest BCUT2D eigenvalue weighted by atomic mass is 10.6. The van der Waals surface area contributed by atoms with Gasteiger partial charge in [-0.2, -0.15) is 0 Å². The number of alkyl halides is 1. The predicted molar refractivity (Wildman–Crippen MR) is 52.0 cm³/mol. The van der Waals surface area contributed by atoms with Crippen molar-refractivity contribution in [1.82, 2.24) is 4.31 Å². The summed E-state index contributed by atoms with van der Waals surface area (Å²) in [4.78, 5) is 0. The summed E-state index contributed by atoms with van der Waals surface area (Å²) in [5.74, 6) is 0.568. The molecule has 0 atom stereocenters. The molecule has 0 spiro atoms. The maximum Gasteiger partial charge on any atom is 0.214 e. The fourth-order valence-electron chi connectivity index (χ4n) is 0.983. The lowest BCUT2D eigenvalue weighted by molar-refractivity contribution is 0.445. The Morgan fingerprint density at radius 1 is 1.25 bits per heavy atom. The molecule has 0 aliphatic heterocycles. The van der Waals surface area contributed by atoms with E-state index in [1.807, 2.05) is 13.8 Å². The summed E-state index contributed by atoms with van der Waals surface area (Å²) < 4.78 is 24.3. The maximum atomic E-state index is 11.4. The summed E-state index contributed by atoms with van der Waals surface area (Å²) in [7, 11) is -3.04. The lowest BCUT2D eigenvalue weighted by Gasteiger charge is -2.17. The molecule has 0 aliphatic rings. The second-order valence-electron chi connectivity index (χ2n) is 2.44. The molecule has 0 amide bonds. The summed E-state index contributed by atoms with van der Waals surface area (Å²) >= 11 is 5.42. The van der Waals surface area contributed by atoms with E-state index in [0.29, 0.717) is 25.4 Å². The van der Waals surface area contributed by atoms with Crippen LogP contribution in [0.4, 0.5) is 0 Å². The molecule has 12 heavy (non-hydrogen) atoms. The molecule has 0 aromatic rings. The van der Waals surface area contributed by atoms with E-state index >= 15 is 0 Å². The summed E-state index contributed by atoms with van der Waals surface area (Å²) in [5.41, 5.74) is 0. The van der Waals surface area contributed by atoms with Crippen molar-refractivity contribution >= 4 is 21.6 Å². The molecule has 74 valence electrons. The van der Waals surface area contributed by atoms with Crippen LogP contribution in [0.25, 0.3) is 0 Å². The molecule has 0 radical (unpaired) electrons. The highest BCUT2D eigenvalue weighted by Gasteiger charge is 2.17. The van der Waals surface area contributed by atoms with Crippen LogP contribution >= 0.6 is 11.6 Å². The number of nitrogens with zero attached hydrogens (tertiary/aromatic N) is 1. The highest BCUT2D eigenvalue weighted by Crippen LogP contribution is 2.02. The number of halogens is 1. The summed E-state index contributed by atoms with van der Waals surface area (Å²) in [5, 5.41) is 0. The number of sulfonamides is 1. The van der Waals surface area contributed by atoms with Crippen molar-refractivity contribution < 1.29 is 8.42 Å². The van der Waals surface area contributed by atoms with Crippen LogP contribution in [0.1, 0.15) is 20.3 Å². The van der Waals surface area contributed by atoms with Gasteiger partial charge in [-0.25, -0.2) is 12.7 Å². The maximum absolute atomic E-state index is 11.4. The Morgan fingerprint density at radius 3 is 2.08 bits per heavy atom. The molecule has 0 aromatic carbocycles. The Labute approximate surface area is 79.8 Å². The van der Waals surface area contributed by atoms with Crippen molar-refractivity contribution in [2.24, 2.45) is 0 Å². The Bertz CT molecular complexity index is 199. The van der Waals surface area contributed by atoms with E-state index in [-0.39, 0.29) is 5.75 Å². The third kappa shape index (κ3) is 3.74. The minimum absolute atomic E-state index is 0.165. The van der Waals surface area contributed by atoms with Crippen molar-refractivity contribution in [2.75, 3.05) is 24.7 Å².